The zero-order valence-electron chi connectivity index (χ0n) is 16.2. The Morgan fingerprint density at radius 3 is 1.27 bits per heavy atom. The molecule has 0 saturated heterocycles. The Kier molecular flexibility index (Phi) is 11.9. The minimum Gasteiger partial charge on any atom is -0.479 e. The summed E-state index contributed by atoms with van der Waals surface area (Å²) < 4.78 is 9.70. The van der Waals surface area contributed by atoms with Crippen LogP contribution in [0.2, 0.25) is 0 Å². The van der Waals surface area contributed by atoms with Gasteiger partial charge in [0.1, 0.15) is 12.2 Å². The van der Waals surface area contributed by atoms with Gasteiger partial charge >= 0.3 is 23.9 Å². The van der Waals surface area contributed by atoms with Crippen molar-refractivity contribution in [2.75, 3.05) is 13.2 Å². The first-order chi connectivity index (χ1) is 14.0. The molecule has 0 radical (unpaired) electrons. The van der Waals surface area contributed by atoms with Gasteiger partial charge in [0, 0.05) is 0 Å². The average Bonchev–Trinajstić information content (AvgIpc) is 2.72. The van der Waals surface area contributed by atoms with Gasteiger partial charge in [-0.05, 0) is 26.0 Å². The van der Waals surface area contributed by atoms with Gasteiger partial charge in [0.15, 0.2) is 12.2 Å². The first-order valence-electron chi connectivity index (χ1n) is 8.60. The second kappa shape index (κ2) is 13.2. The smallest absolute Gasteiger partial charge is 0.338 e. The number of hydrogen-bond acceptors (Lipinski definition) is 10. The van der Waals surface area contributed by atoms with Crippen LogP contribution >= 0.6 is 0 Å². The first kappa shape index (κ1) is 26.9. The Hall–Kier alpha value is -3.06. The molecule has 0 amide bonds. The van der Waals surface area contributed by atoms with Gasteiger partial charge in [-0.25, -0.2) is 19.2 Å². The minimum absolute atomic E-state index is 0.239. The van der Waals surface area contributed by atoms with E-state index in [1.807, 2.05) is 0 Å². The number of carboxylic acids is 2. The summed E-state index contributed by atoms with van der Waals surface area (Å²) in [6.07, 6.45) is -9.28. The molecule has 30 heavy (non-hydrogen) atoms. The highest BCUT2D eigenvalue weighted by molar-refractivity contribution is 6.03. The van der Waals surface area contributed by atoms with E-state index in [1.54, 1.807) is 38.1 Å². The number of carboxylic acid groups (broad SMARTS) is 2. The molecule has 1 aromatic rings. The molecule has 0 heterocycles. The molecule has 0 spiro atoms. The number of aliphatic carboxylic acids is 2. The van der Waals surface area contributed by atoms with Crippen LogP contribution in [0.4, 0.5) is 0 Å². The molecule has 4 unspecified atom stereocenters. The summed E-state index contributed by atoms with van der Waals surface area (Å²) in [7, 11) is 0. The number of esters is 2. The lowest BCUT2D eigenvalue weighted by atomic mass is 10.0. The molecule has 0 bridgehead atoms. The third kappa shape index (κ3) is 8.13. The Bertz CT molecular complexity index is 671. The Balaban J connectivity index is 0.000000567. The van der Waals surface area contributed by atoms with Gasteiger partial charge in [0.2, 0.25) is 0 Å². The summed E-state index contributed by atoms with van der Waals surface area (Å²) in [6, 6.07) is 6.44. The molecular weight excluding hydrogens is 408 g/mol. The summed E-state index contributed by atoms with van der Waals surface area (Å²) in [5.41, 5.74) is 0.477. The van der Waals surface area contributed by atoms with Crippen LogP contribution in [0.25, 0.3) is 0 Å². The molecule has 0 aromatic heterocycles. The zero-order valence-corrected chi connectivity index (χ0v) is 16.2. The van der Waals surface area contributed by atoms with E-state index in [0.29, 0.717) is 0 Å². The van der Waals surface area contributed by atoms with Crippen LogP contribution < -0.4 is 0 Å². The topological polar surface area (TPSA) is 208 Å². The summed E-state index contributed by atoms with van der Waals surface area (Å²) in [5.74, 6) is -4.69. The molecule has 0 fully saturated rings. The lowest BCUT2D eigenvalue weighted by molar-refractivity contribution is -0.172. The van der Waals surface area contributed by atoms with Gasteiger partial charge in [-0.3, -0.25) is 0 Å². The van der Waals surface area contributed by atoms with E-state index in [4.69, 9.17) is 40.1 Å². The van der Waals surface area contributed by atoms with E-state index >= 15 is 0 Å². The maximum absolute atomic E-state index is 11.5. The van der Waals surface area contributed by atoms with Crippen molar-refractivity contribution < 1.29 is 59.3 Å². The van der Waals surface area contributed by atoms with Gasteiger partial charge in [0.05, 0.1) is 24.3 Å². The van der Waals surface area contributed by atoms with E-state index < -0.39 is 48.3 Å². The summed E-state index contributed by atoms with van der Waals surface area (Å²) in [6.45, 7) is 3.97. The number of rotatable bonds is 9. The molecule has 0 saturated carbocycles. The largest absolute Gasteiger partial charge is 0.479 e. The van der Waals surface area contributed by atoms with Crippen molar-refractivity contribution in [1.29, 1.82) is 0 Å². The SMILES string of the molecule is CCOC(=O)c1ccccc1C(=O)OCC.O=C(O)C(O)C(O)C(O)C(O)C(=O)O. The third-order valence-electron chi connectivity index (χ3n) is 3.42. The van der Waals surface area contributed by atoms with Crippen molar-refractivity contribution >= 4 is 23.9 Å². The molecule has 0 aliphatic rings. The van der Waals surface area contributed by atoms with Crippen LogP contribution in [0.15, 0.2) is 24.3 Å². The number of ether oxygens (including phenoxy) is 2. The predicted octanol–water partition coefficient (Wildman–Crippen LogP) is -1.36. The predicted molar refractivity (Wildman–Crippen MR) is 97.7 cm³/mol. The highest BCUT2D eigenvalue weighted by atomic mass is 16.5. The molecule has 1 aromatic carbocycles. The standard InChI is InChI=1S/C12H14O4.C6H10O8/c1-3-15-11(13)9-7-5-6-8-10(9)12(14)16-4-2;7-1(3(9)5(11)12)2(8)4(10)6(13)14/h5-8H,3-4H2,1-2H3;1-4,7-10H,(H,11,12)(H,13,14). The molecule has 0 aliphatic heterocycles. The van der Waals surface area contributed by atoms with E-state index in [2.05, 4.69) is 0 Å². The number of carbonyl (C=O) groups is 4. The minimum atomic E-state index is -2.36. The van der Waals surface area contributed by atoms with Crippen LogP contribution in [-0.2, 0) is 19.1 Å². The van der Waals surface area contributed by atoms with Gasteiger partial charge in [0.25, 0.3) is 0 Å². The normalized spacial score (nSPS) is 14.2. The number of aliphatic hydroxyl groups is 4. The van der Waals surface area contributed by atoms with E-state index in [9.17, 15) is 19.2 Å². The van der Waals surface area contributed by atoms with Crippen LogP contribution in [0, 0.1) is 0 Å². The fraction of sp³-hybridized carbons (Fsp3) is 0.444. The number of hydrogen-bond donors (Lipinski definition) is 6. The van der Waals surface area contributed by atoms with E-state index in [0.717, 1.165) is 0 Å². The van der Waals surface area contributed by atoms with Crippen LogP contribution in [-0.4, -0.2) is 92.1 Å². The second-order valence-corrected chi connectivity index (χ2v) is 5.53. The number of benzene rings is 1. The molecule has 168 valence electrons. The summed E-state index contributed by atoms with van der Waals surface area (Å²) >= 11 is 0. The van der Waals surface area contributed by atoms with E-state index in [-0.39, 0.29) is 24.3 Å². The molecule has 6 N–H and O–H groups in total. The van der Waals surface area contributed by atoms with Crippen LogP contribution in [0.3, 0.4) is 0 Å². The average molecular weight is 432 g/mol. The lowest BCUT2D eigenvalue weighted by Gasteiger charge is -2.21. The highest BCUT2D eigenvalue weighted by Crippen LogP contribution is 2.12. The van der Waals surface area contributed by atoms with Crippen molar-refractivity contribution in [2.24, 2.45) is 0 Å². The van der Waals surface area contributed by atoms with Crippen molar-refractivity contribution in [3.05, 3.63) is 35.4 Å². The maximum Gasteiger partial charge on any atom is 0.338 e. The second-order valence-electron chi connectivity index (χ2n) is 5.53. The Morgan fingerprint density at radius 1 is 0.733 bits per heavy atom. The zero-order chi connectivity index (χ0) is 23.4. The fourth-order valence-corrected chi connectivity index (χ4v) is 1.92. The summed E-state index contributed by atoms with van der Waals surface area (Å²) in [5, 5.41) is 51.5. The maximum atomic E-state index is 11.5. The molecule has 12 heteroatoms. The third-order valence-corrected chi connectivity index (χ3v) is 3.42. The highest BCUT2D eigenvalue weighted by Gasteiger charge is 2.37. The molecule has 0 aliphatic carbocycles. The van der Waals surface area contributed by atoms with Crippen molar-refractivity contribution in [1.82, 2.24) is 0 Å². The van der Waals surface area contributed by atoms with Gasteiger partial charge in [-0.15, -0.1) is 0 Å². The van der Waals surface area contributed by atoms with E-state index in [1.165, 1.54) is 0 Å². The van der Waals surface area contributed by atoms with Crippen LogP contribution in [0.5, 0.6) is 0 Å². The van der Waals surface area contributed by atoms with Gasteiger partial charge in [-0.2, -0.15) is 0 Å². The van der Waals surface area contributed by atoms with Gasteiger partial charge < -0.3 is 40.1 Å². The number of carbonyl (C=O) groups excluding carboxylic acids is 2. The lowest BCUT2D eigenvalue weighted by Crippen LogP contribution is -2.49. The molecule has 4 atom stereocenters. The number of aliphatic hydroxyl groups excluding tert-OH is 4. The molecule has 1 rings (SSSR count). The van der Waals surface area contributed by atoms with Crippen LogP contribution in [0.1, 0.15) is 34.6 Å². The van der Waals surface area contributed by atoms with Crippen molar-refractivity contribution in [3.8, 4) is 0 Å². The van der Waals surface area contributed by atoms with Gasteiger partial charge in [-0.1, -0.05) is 12.1 Å². The quantitative estimate of drug-likeness (QED) is 0.250. The Labute approximate surface area is 170 Å². The monoisotopic (exact) mass is 432 g/mol. The summed E-state index contributed by atoms with van der Waals surface area (Å²) in [4.78, 5) is 43.3. The first-order valence-corrected chi connectivity index (χ1v) is 8.60. The molecular formula is C18H24O12. The van der Waals surface area contributed by atoms with Crippen molar-refractivity contribution in [2.45, 2.75) is 38.3 Å². The van der Waals surface area contributed by atoms with Crippen molar-refractivity contribution in [3.63, 3.8) is 0 Å². The Morgan fingerprint density at radius 2 is 1.03 bits per heavy atom. The molecule has 12 nitrogen and oxygen atoms in total. The fourth-order valence-electron chi connectivity index (χ4n) is 1.92.